The molecule has 1 saturated heterocycles. The van der Waals surface area contributed by atoms with Crippen LogP contribution in [0.4, 0.5) is 0 Å². The van der Waals surface area contributed by atoms with Crippen LogP contribution in [0.5, 0.6) is 0 Å². The van der Waals surface area contributed by atoms with E-state index in [1.165, 1.54) is 0 Å². The zero-order valence-electron chi connectivity index (χ0n) is 8.83. The zero-order valence-corrected chi connectivity index (χ0v) is 8.83. The molecule has 16 heavy (non-hydrogen) atoms. The van der Waals surface area contributed by atoms with Crippen LogP contribution >= 0.6 is 0 Å². The average molecular weight is 232 g/mol. The second kappa shape index (κ2) is 5.78. The summed E-state index contributed by atoms with van der Waals surface area (Å²) < 4.78 is 5.10. The van der Waals surface area contributed by atoms with Gasteiger partial charge in [0.1, 0.15) is 12.1 Å². The number of morpholine rings is 1. The van der Waals surface area contributed by atoms with Crippen LogP contribution in [0.15, 0.2) is 0 Å². The molecular formula is C9H16N2O5. The summed E-state index contributed by atoms with van der Waals surface area (Å²) in [6, 6.07) is -2.00. The zero-order chi connectivity index (χ0) is 12.1. The van der Waals surface area contributed by atoms with Gasteiger partial charge in [-0.15, -0.1) is 0 Å². The highest BCUT2D eigenvalue weighted by Gasteiger charge is 2.30. The Labute approximate surface area is 92.8 Å². The molecule has 1 aliphatic rings. The van der Waals surface area contributed by atoms with E-state index in [1.54, 1.807) is 4.90 Å². The number of hydrogen-bond acceptors (Lipinski definition) is 5. The molecule has 0 aromatic heterocycles. The summed E-state index contributed by atoms with van der Waals surface area (Å²) in [5.74, 6) is -2.22. The topological polar surface area (TPSA) is 113 Å². The van der Waals surface area contributed by atoms with Gasteiger partial charge in [0.15, 0.2) is 0 Å². The lowest BCUT2D eigenvalue weighted by Gasteiger charge is -2.32. The molecule has 0 radical (unpaired) electrons. The molecule has 0 spiro atoms. The molecule has 0 bridgehead atoms. The minimum absolute atomic E-state index is 0.0926. The van der Waals surface area contributed by atoms with Gasteiger partial charge in [-0.3, -0.25) is 14.5 Å². The molecule has 2 atom stereocenters. The number of carbonyl (C=O) groups is 2. The second-order valence-electron chi connectivity index (χ2n) is 3.68. The minimum Gasteiger partial charge on any atom is -0.480 e. The molecule has 7 heteroatoms. The minimum atomic E-state index is -1.18. The van der Waals surface area contributed by atoms with Crippen molar-refractivity contribution in [1.29, 1.82) is 0 Å². The molecule has 0 amide bonds. The number of rotatable bonds is 5. The fraction of sp³-hybridized carbons (Fsp3) is 0.778. The van der Waals surface area contributed by atoms with Crippen LogP contribution < -0.4 is 5.73 Å². The highest BCUT2D eigenvalue weighted by Crippen LogP contribution is 2.10. The van der Waals surface area contributed by atoms with Crippen molar-refractivity contribution in [3.63, 3.8) is 0 Å². The number of hydrogen-bond donors (Lipinski definition) is 3. The maximum atomic E-state index is 11.0. The quantitative estimate of drug-likeness (QED) is 0.532. The van der Waals surface area contributed by atoms with Crippen LogP contribution in [-0.2, 0) is 14.3 Å². The predicted molar refractivity (Wildman–Crippen MR) is 54.0 cm³/mol. The number of carboxylic acid groups (broad SMARTS) is 2. The van der Waals surface area contributed by atoms with Crippen LogP contribution in [-0.4, -0.2) is 65.4 Å². The molecule has 7 nitrogen and oxygen atoms in total. The van der Waals surface area contributed by atoms with Gasteiger partial charge in [-0.05, 0) is 6.42 Å². The number of carboxylic acids is 2. The molecule has 1 heterocycles. The Morgan fingerprint density at radius 1 is 1.25 bits per heavy atom. The van der Waals surface area contributed by atoms with E-state index in [9.17, 15) is 9.59 Å². The molecule has 0 aliphatic carbocycles. The molecule has 1 fully saturated rings. The van der Waals surface area contributed by atoms with E-state index in [1.807, 2.05) is 0 Å². The molecule has 1 rings (SSSR count). The summed E-state index contributed by atoms with van der Waals surface area (Å²) in [7, 11) is 0. The van der Waals surface area contributed by atoms with Crippen molar-refractivity contribution >= 4 is 11.9 Å². The van der Waals surface area contributed by atoms with Crippen LogP contribution in [0.2, 0.25) is 0 Å². The van der Waals surface area contributed by atoms with Gasteiger partial charge >= 0.3 is 11.9 Å². The molecule has 0 aromatic carbocycles. The molecule has 0 saturated carbocycles. The summed E-state index contributed by atoms with van der Waals surface area (Å²) >= 11 is 0. The van der Waals surface area contributed by atoms with Gasteiger partial charge in [-0.1, -0.05) is 0 Å². The standard InChI is InChI=1S/C9H16N2O5/c10-6(8(12)13)5-7(9(14)15)11-1-3-16-4-2-11/h6-7H,1-5,10H2,(H,12,13)(H,14,15). The van der Waals surface area contributed by atoms with E-state index in [0.717, 1.165) is 0 Å². The first-order chi connectivity index (χ1) is 7.52. The third-order valence-corrected chi connectivity index (χ3v) is 2.57. The van der Waals surface area contributed by atoms with Gasteiger partial charge in [-0.2, -0.15) is 0 Å². The van der Waals surface area contributed by atoms with Crippen molar-refractivity contribution in [2.24, 2.45) is 5.73 Å². The third-order valence-electron chi connectivity index (χ3n) is 2.57. The van der Waals surface area contributed by atoms with Crippen LogP contribution in [0.1, 0.15) is 6.42 Å². The van der Waals surface area contributed by atoms with Gasteiger partial charge in [0.2, 0.25) is 0 Å². The Bertz CT molecular complexity index is 265. The van der Waals surface area contributed by atoms with Crippen molar-refractivity contribution in [2.75, 3.05) is 26.3 Å². The highest BCUT2D eigenvalue weighted by atomic mass is 16.5. The van der Waals surface area contributed by atoms with E-state index in [4.69, 9.17) is 20.7 Å². The first-order valence-electron chi connectivity index (χ1n) is 5.05. The number of nitrogens with zero attached hydrogens (tertiary/aromatic N) is 1. The smallest absolute Gasteiger partial charge is 0.320 e. The summed E-state index contributed by atoms with van der Waals surface area (Å²) in [6.07, 6.45) is -0.0926. The lowest BCUT2D eigenvalue weighted by molar-refractivity contribution is -0.146. The van der Waals surface area contributed by atoms with Crippen molar-refractivity contribution in [3.05, 3.63) is 0 Å². The first-order valence-corrected chi connectivity index (χ1v) is 5.05. The van der Waals surface area contributed by atoms with Crippen LogP contribution in [0, 0.1) is 0 Å². The summed E-state index contributed by atoms with van der Waals surface area (Å²) in [4.78, 5) is 23.3. The summed E-state index contributed by atoms with van der Waals surface area (Å²) in [6.45, 7) is 1.91. The monoisotopic (exact) mass is 232 g/mol. The van der Waals surface area contributed by atoms with Crippen molar-refractivity contribution in [3.8, 4) is 0 Å². The predicted octanol–water partition coefficient (Wildman–Crippen LogP) is -1.43. The molecule has 1 aliphatic heterocycles. The Kier molecular flexibility index (Phi) is 4.66. The van der Waals surface area contributed by atoms with E-state index in [0.29, 0.717) is 26.3 Å². The Morgan fingerprint density at radius 3 is 2.25 bits per heavy atom. The molecule has 2 unspecified atom stereocenters. The average Bonchev–Trinajstić information content (AvgIpc) is 2.26. The SMILES string of the molecule is NC(CC(C(=O)O)N1CCOCC1)C(=O)O. The maximum absolute atomic E-state index is 11.0. The number of ether oxygens (including phenoxy) is 1. The Morgan fingerprint density at radius 2 is 1.81 bits per heavy atom. The Hall–Kier alpha value is -1.18. The second-order valence-corrected chi connectivity index (χ2v) is 3.68. The highest BCUT2D eigenvalue weighted by molar-refractivity contribution is 5.77. The normalized spacial score (nSPS) is 21.3. The Balaban J connectivity index is 2.59. The first kappa shape index (κ1) is 12.9. The number of aliphatic carboxylic acids is 2. The van der Waals surface area contributed by atoms with E-state index >= 15 is 0 Å². The fourth-order valence-electron chi connectivity index (χ4n) is 1.64. The molecule has 0 aromatic rings. The van der Waals surface area contributed by atoms with Crippen molar-refractivity contribution in [2.45, 2.75) is 18.5 Å². The van der Waals surface area contributed by atoms with Gasteiger partial charge in [0.05, 0.1) is 13.2 Å². The van der Waals surface area contributed by atoms with Gasteiger partial charge in [0.25, 0.3) is 0 Å². The lowest BCUT2D eigenvalue weighted by Crippen LogP contribution is -2.50. The maximum Gasteiger partial charge on any atom is 0.320 e. The summed E-state index contributed by atoms with van der Waals surface area (Å²) in [5.41, 5.74) is 5.34. The van der Waals surface area contributed by atoms with E-state index in [2.05, 4.69) is 0 Å². The van der Waals surface area contributed by atoms with E-state index < -0.39 is 24.0 Å². The van der Waals surface area contributed by atoms with Gasteiger partial charge in [-0.25, -0.2) is 0 Å². The lowest BCUT2D eigenvalue weighted by atomic mass is 10.1. The van der Waals surface area contributed by atoms with E-state index in [-0.39, 0.29) is 6.42 Å². The van der Waals surface area contributed by atoms with Gasteiger partial charge in [0, 0.05) is 13.1 Å². The molecule has 92 valence electrons. The molecule has 4 N–H and O–H groups in total. The molecular weight excluding hydrogens is 216 g/mol. The number of nitrogens with two attached hydrogens (primary N) is 1. The third kappa shape index (κ3) is 3.44. The van der Waals surface area contributed by atoms with Crippen molar-refractivity contribution in [1.82, 2.24) is 4.90 Å². The summed E-state index contributed by atoms with van der Waals surface area (Å²) in [5, 5.41) is 17.7. The largest absolute Gasteiger partial charge is 0.480 e. The van der Waals surface area contributed by atoms with Crippen LogP contribution in [0.25, 0.3) is 0 Å². The van der Waals surface area contributed by atoms with Crippen molar-refractivity contribution < 1.29 is 24.5 Å². The fourth-order valence-corrected chi connectivity index (χ4v) is 1.64. The van der Waals surface area contributed by atoms with Gasteiger partial charge < -0.3 is 20.7 Å². The van der Waals surface area contributed by atoms with Crippen LogP contribution in [0.3, 0.4) is 0 Å².